The van der Waals surface area contributed by atoms with Crippen LogP contribution in [-0.2, 0) is 20.9 Å². The van der Waals surface area contributed by atoms with Crippen molar-refractivity contribution in [2.24, 2.45) is 0 Å². The van der Waals surface area contributed by atoms with Crippen molar-refractivity contribution in [2.75, 3.05) is 13.7 Å². The molecule has 6 nitrogen and oxygen atoms in total. The maximum absolute atomic E-state index is 11.7. The second-order valence-corrected chi connectivity index (χ2v) is 4.37. The summed E-state index contributed by atoms with van der Waals surface area (Å²) >= 11 is 0. The predicted octanol–water partition coefficient (Wildman–Crippen LogP) is -0.194. The minimum atomic E-state index is -1.00. The van der Waals surface area contributed by atoms with Crippen LogP contribution in [0.15, 0.2) is 30.3 Å². The van der Waals surface area contributed by atoms with Gasteiger partial charge in [-0.15, -0.1) is 0 Å². The van der Waals surface area contributed by atoms with Crippen LogP contribution in [0, 0.1) is 0 Å². The summed E-state index contributed by atoms with van der Waals surface area (Å²) in [5, 5.41) is 21.3. The van der Waals surface area contributed by atoms with Crippen molar-refractivity contribution in [3.8, 4) is 0 Å². The molecule has 7 heteroatoms. The maximum Gasteiger partial charge on any atom is 0.374 e. The average molecular weight is 281 g/mol. The van der Waals surface area contributed by atoms with E-state index >= 15 is 0 Å². The van der Waals surface area contributed by atoms with E-state index in [2.05, 4.69) is 9.96 Å². The van der Waals surface area contributed by atoms with Gasteiger partial charge in [-0.05, 0) is 12.4 Å². The van der Waals surface area contributed by atoms with Crippen LogP contribution in [-0.4, -0.2) is 49.0 Å². The zero-order valence-corrected chi connectivity index (χ0v) is 11.7. The number of aliphatic hydroxyl groups is 1. The molecule has 3 N–H and O–H groups in total. The molecule has 0 saturated heterocycles. The summed E-state index contributed by atoms with van der Waals surface area (Å²) in [5.74, 6) is -0.604. The molecule has 20 heavy (non-hydrogen) atoms. The van der Waals surface area contributed by atoms with Crippen molar-refractivity contribution < 1.29 is 24.4 Å². The number of nitrogens with one attached hydrogen (secondary N) is 1. The van der Waals surface area contributed by atoms with E-state index in [1.165, 1.54) is 13.9 Å². The first kappa shape index (κ1) is 16.6. The van der Waals surface area contributed by atoms with Gasteiger partial charge in [-0.3, -0.25) is 0 Å². The van der Waals surface area contributed by atoms with E-state index in [0.717, 1.165) is 5.56 Å². The molecule has 0 amide bonds. The molecule has 0 aliphatic rings. The molecule has 0 heterocycles. The van der Waals surface area contributed by atoms with Gasteiger partial charge in [0, 0.05) is 0 Å². The van der Waals surface area contributed by atoms with E-state index in [4.69, 9.17) is 4.74 Å². The molecule has 0 radical (unpaired) electrons. The molecule has 0 saturated carbocycles. The third-order valence-electron chi connectivity index (χ3n) is 2.72. The van der Waals surface area contributed by atoms with E-state index in [1.807, 2.05) is 30.3 Å². The summed E-state index contributed by atoms with van der Waals surface area (Å²) in [4.78, 5) is 11.7. The molecule has 110 valence electrons. The molecule has 0 aromatic heterocycles. The maximum atomic E-state index is 11.7. The summed E-state index contributed by atoms with van der Waals surface area (Å²) in [6, 6.07) is 8.60. The highest BCUT2D eigenvalue weighted by Crippen LogP contribution is 2.08. The summed E-state index contributed by atoms with van der Waals surface area (Å²) in [5.41, 5.74) is 0.898. The van der Waals surface area contributed by atoms with Crippen LogP contribution in [0.4, 0.5) is 0 Å². The number of carbonyl (C=O) groups excluding carboxylic acids is 1. The molecule has 1 unspecified atom stereocenters. The molecule has 0 bridgehead atoms. The normalized spacial score (nSPS) is 13.6. The molecule has 1 aromatic rings. The van der Waals surface area contributed by atoms with Crippen molar-refractivity contribution in [2.45, 2.75) is 25.6 Å². The Kier molecular flexibility index (Phi) is 7.25. The molecular formula is C13H20BNO5. The molecule has 0 aliphatic heterocycles. The lowest BCUT2D eigenvalue weighted by Crippen LogP contribution is -2.53. The van der Waals surface area contributed by atoms with Gasteiger partial charge in [-0.1, -0.05) is 30.3 Å². The molecule has 1 aromatic carbocycles. The standard InChI is InChI=1S/C13H20BNO5/c1-14(18)15-11(8-16)12(13(17)19-2)20-9-10-6-4-3-5-7-10/h3-7,11-12,15-16,18H,8-9H2,1-2H3/t11-,12?/m0/s1. The highest BCUT2D eigenvalue weighted by Gasteiger charge is 2.31. The van der Waals surface area contributed by atoms with Crippen LogP contribution in [0.5, 0.6) is 0 Å². The second kappa shape index (κ2) is 8.70. The number of hydrogen-bond donors (Lipinski definition) is 3. The zero-order valence-electron chi connectivity index (χ0n) is 11.7. The largest absolute Gasteiger partial charge is 0.467 e. The van der Waals surface area contributed by atoms with Gasteiger partial charge >= 0.3 is 13.0 Å². The van der Waals surface area contributed by atoms with Gasteiger partial charge in [0.15, 0.2) is 6.10 Å². The van der Waals surface area contributed by atoms with Crippen LogP contribution < -0.4 is 5.23 Å². The number of methoxy groups -OCH3 is 1. The SMILES string of the molecule is COC(=O)C(OCc1ccccc1)[C@H](CO)NB(C)O. The Bertz CT molecular complexity index is 401. The van der Waals surface area contributed by atoms with Crippen LogP contribution in [0.25, 0.3) is 0 Å². The van der Waals surface area contributed by atoms with Gasteiger partial charge in [-0.2, -0.15) is 0 Å². The van der Waals surface area contributed by atoms with E-state index in [-0.39, 0.29) is 13.2 Å². The Labute approximate surface area is 118 Å². The zero-order chi connectivity index (χ0) is 15.0. The highest BCUT2D eigenvalue weighted by atomic mass is 16.6. The first-order chi connectivity index (χ1) is 9.58. The number of rotatable bonds is 8. The third kappa shape index (κ3) is 5.30. The summed E-state index contributed by atoms with van der Waals surface area (Å²) < 4.78 is 10.2. The molecule has 0 fully saturated rings. The lowest BCUT2D eigenvalue weighted by atomic mass is 9.86. The fraction of sp³-hybridized carbons (Fsp3) is 0.462. The van der Waals surface area contributed by atoms with Crippen LogP contribution in [0.1, 0.15) is 5.56 Å². The van der Waals surface area contributed by atoms with E-state index in [0.29, 0.717) is 0 Å². The van der Waals surface area contributed by atoms with Gasteiger partial charge in [0.2, 0.25) is 0 Å². The van der Waals surface area contributed by atoms with Crippen LogP contribution >= 0.6 is 0 Å². The Balaban J connectivity index is 2.70. The van der Waals surface area contributed by atoms with Crippen molar-refractivity contribution >= 4 is 13.0 Å². The van der Waals surface area contributed by atoms with Crippen molar-refractivity contribution in [1.29, 1.82) is 0 Å². The first-order valence-electron chi connectivity index (χ1n) is 6.36. The molecule has 0 aliphatic carbocycles. The highest BCUT2D eigenvalue weighted by molar-refractivity contribution is 6.45. The quantitative estimate of drug-likeness (QED) is 0.452. The number of esters is 1. The fourth-order valence-corrected chi connectivity index (χ4v) is 1.77. The minimum Gasteiger partial charge on any atom is -0.467 e. The summed E-state index contributed by atoms with van der Waals surface area (Å²) in [6.07, 6.45) is -1.00. The minimum absolute atomic E-state index is 0.207. The van der Waals surface area contributed by atoms with Crippen LogP contribution in [0.2, 0.25) is 6.82 Å². The van der Waals surface area contributed by atoms with E-state index in [9.17, 15) is 14.9 Å². The lowest BCUT2D eigenvalue weighted by molar-refractivity contribution is -0.157. The number of benzene rings is 1. The van der Waals surface area contributed by atoms with Crippen LogP contribution in [0.3, 0.4) is 0 Å². The molecule has 2 atom stereocenters. The third-order valence-corrected chi connectivity index (χ3v) is 2.72. The fourth-order valence-electron chi connectivity index (χ4n) is 1.77. The first-order valence-corrected chi connectivity index (χ1v) is 6.36. The Hall–Kier alpha value is -1.41. The second-order valence-electron chi connectivity index (χ2n) is 4.37. The van der Waals surface area contributed by atoms with Gasteiger partial charge in [0.25, 0.3) is 0 Å². The summed E-state index contributed by atoms with van der Waals surface area (Å²) in [6.45, 7) is 1.34. The number of carbonyl (C=O) groups is 1. The van der Waals surface area contributed by atoms with Crippen molar-refractivity contribution in [3.05, 3.63) is 35.9 Å². The van der Waals surface area contributed by atoms with Gasteiger partial charge in [0.05, 0.1) is 26.4 Å². The average Bonchev–Trinajstić information content (AvgIpc) is 2.46. The number of hydrogen-bond acceptors (Lipinski definition) is 6. The van der Waals surface area contributed by atoms with E-state index in [1.54, 1.807) is 0 Å². The monoisotopic (exact) mass is 281 g/mol. The smallest absolute Gasteiger partial charge is 0.374 e. The van der Waals surface area contributed by atoms with Gasteiger partial charge < -0.3 is 24.8 Å². The molecule has 1 rings (SSSR count). The van der Waals surface area contributed by atoms with Gasteiger partial charge in [0.1, 0.15) is 0 Å². The topological polar surface area (TPSA) is 88.0 Å². The van der Waals surface area contributed by atoms with Gasteiger partial charge in [-0.25, -0.2) is 4.79 Å². The number of ether oxygens (including phenoxy) is 2. The Morgan fingerprint density at radius 3 is 2.55 bits per heavy atom. The van der Waals surface area contributed by atoms with E-state index < -0.39 is 25.2 Å². The molecular weight excluding hydrogens is 261 g/mol. The summed E-state index contributed by atoms with van der Waals surface area (Å²) in [7, 11) is 0.373. The lowest BCUT2D eigenvalue weighted by Gasteiger charge is -2.25. The Morgan fingerprint density at radius 1 is 1.40 bits per heavy atom. The Morgan fingerprint density at radius 2 is 2.05 bits per heavy atom. The number of aliphatic hydroxyl groups excluding tert-OH is 1. The molecule has 0 spiro atoms. The van der Waals surface area contributed by atoms with Crippen molar-refractivity contribution in [3.63, 3.8) is 0 Å². The van der Waals surface area contributed by atoms with Crippen molar-refractivity contribution in [1.82, 2.24) is 5.23 Å². The predicted molar refractivity (Wildman–Crippen MR) is 74.9 cm³/mol.